The van der Waals surface area contributed by atoms with E-state index in [2.05, 4.69) is 23.6 Å². The maximum atomic E-state index is 12.4. The van der Waals surface area contributed by atoms with E-state index in [1.165, 1.54) is 24.0 Å². The SMILES string of the molecule is CC1CCNCC1NC(=O)CCC(=O)c1ccc2c(c1)CCCC2. The van der Waals surface area contributed by atoms with Crippen molar-refractivity contribution < 1.29 is 9.59 Å². The molecular weight excluding hydrogens is 300 g/mol. The van der Waals surface area contributed by atoms with Crippen LogP contribution in [0, 0.1) is 5.92 Å². The number of ketones is 1. The fraction of sp³-hybridized carbons (Fsp3) is 0.600. The Hall–Kier alpha value is -1.68. The molecule has 24 heavy (non-hydrogen) atoms. The van der Waals surface area contributed by atoms with Gasteiger partial charge in [0.05, 0.1) is 0 Å². The molecule has 2 atom stereocenters. The molecule has 2 N–H and O–H groups in total. The van der Waals surface area contributed by atoms with Crippen LogP contribution in [-0.4, -0.2) is 30.8 Å². The highest BCUT2D eigenvalue weighted by molar-refractivity contribution is 5.98. The van der Waals surface area contributed by atoms with Gasteiger partial charge in [-0.15, -0.1) is 0 Å². The number of rotatable bonds is 5. The molecule has 4 nitrogen and oxygen atoms in total. The molecule has 2 aliphatic rings. The molecule has 0 spiro atoms. The van der Waals surface area contributed by atoms with Crippen molar-refractivity contribution in [2.45, 2.75) is 57.9 Å². The summed E-state index contributed by atoms with van der Waals surface area (Å²) >= 11 is 0. The predicted molar refractivity (Wildman–Crippen MR) is 95.2 cm³/mol. The lowest BCUT2D eigenvalue weighted by Crippen LogP contribution is -2.50. The van der Waals surface area contributed by atoms with Crippen molar-refractivity contribution in [1.82, 2.24) is 10.6 Å². The van der Waals surface area contributed by atoms with Gasteiger partial charge < -0.3 is 10.6 Å². The van der Waals surface area contributed by atoms with Crippen molar-refractivity contribution in [3.05, 3.63) is 34.9 Å². The minimum Gasteiger partial charge on any atom is -0.352 e. The summed E-state index contributed by atoms with van der Waals surface area (Å²) in [5.74, 6) is 0.557. The zero-order valence-electron chi connectivity index (χ0n) is 14.6. The molecule has 130 valence electrons. The van der Waals surface area contributed by atoms with Crippen molar-refractivity contribution in [3.63, 3.8) is 0 Å². The first kappa shape index (κ1) is 17.2. The second-order valence-electron chi connectivity index (χ2n) is 7.26. The van der Waals surface area contributed by atoms with Gasteiger partial charge in [0.2, 0.25) is 5.91 Å². The highest BCUT2D eigenvalue weighted by Gasteiger charge is 2.22. The van der Waals surface area contributed by atoms with Gasteiger partial charge >= 0.3 is 0 Å². The number of carbonyl (C=O) groups excluding carboxylic acids is 2. The second kappa shape index (κ2) is 7.93. The monoisotopic (exact) mass is 328 g/mol. The van der Waals surface area contributed by atoms with Gasteiger partial charge in [0, 0.05) is 31.0 Å². The summed E-state index contributed by atoms with van der Waals surface area (Å²) in [6.45, 7) is 4.01. The smallest absolute Gasteiger partial charge is 0.220 e. The first-order valence-electron chi connectivity index (χ1n) is 9.28. The molecule has 1 aliphatic carbocycles. The first-order valence-corrected chi connectivity index (χ1v) is 9.28. The molecule has 1 saturated heterocycles. The molecule has 1 heterocycles. The summed E-state index contributed by atoms with van der Waals surface area (Å²) in [4.78, 5) is 24.5. The third-order valence-corrected chi connectivity index (χ3v) is 5.42. The Kier molecular flexibility index (Phi) is 5.67. The Balaban J connectivity index is 1.50. The lowest BCUT2D eigenvalue weighted by atomic mass is 9.89. The maximum absolute atomic E-state index is 12.4. The lowest BCUT2D eigenvalue weighted by Gasteiger charge is -2.30. The molecule has 1 aliphatic heterocycles. The van der Waals surface area contributed by atoms with Crippen LogP contribution in [0.4, 0.5) is 0 Å². The van der Waals surface area contributed by atoms with Crippen LogP contribution in [0.5, 0.6) is 0 Å². The van der Waals surface area contributed by atoms with E-state index >= 15 is 0 Å². The molecule has 4 heteroatoms. The molecule has 1 aromatic rings. The third-order valence-electron chi connectivity index (χ3n) is 5.42. The van der Waals surface area contributed by atoms with Crippen LogP contribution >= 0.6 is 0 Å². The number of carbonyl (C=O) groups is 2. The zero-order valence-corrected chi connectivity index (χ0v) is 14.6. The van der Waals surface area contributed by atoms with E-state index in [0.717, 1.165) is 37.9 Å². The number of aryl methyl sites for hydroxylation is 2. The standard InChI is InChI=1S/C20H28N2O2/c1-14-10-11-21-13-18(14)22-20(24)9-8-19(23)17-7-6-15-4-2-3-5-16(15)12-17/h6-7,12,14,18,21H,2-5,8-11,13H2,1H3,(H,22,24). The van der Waals surface area contributed by atoms with Crippen molar-refractivity contribution >= 4 is 11.7 Å². The Labute approximate surface area is 144 Å². The number of hydrogen-bond acceptors (Lipinski definition) is 3. The largest absolute Gasteiger partial charge is 0.352 e. The predicted octanol–water partition coefficient (Wildman–Crippen LogP) is 2.64. The molecule has 0 radical (unpaired) electrons. The lowest BCUT2D eigenvalue weighted by molar-refractivity contribution is -0.122. The van der Waals surface area contributed by atoms with Crippen molar-refractivity contribution in [2.75, 3.05) is 13.1 Å². The van der Waals surface area contributed by atoms with E-state index in [-0.39, 0.29) is 24.2 Å². The fourth-order valence-corrected chi connectivity index (χ4v) is 3.74. The molecular formula is C20H28N2O2. The number of fused-ring (bicyclic) bond motifs is 1. The number of benzene rings is 1. The molecule has 1 amide bonds. The Morgan fingerprint density at radius 3 is 2.75 bits per heavy atom. The van der Waals surface area contributed by atoms with Crippen LogP contribution in [-0.2, 0) is 17.6 Å². The van der Waals surface area contributed by atoms with Gasteiger partial charge in [-0.2, -0.15) is 0 Å². The Morgan fingerprint density at radius 2 is 1.96 bits per heavy atom. The number of piperidine rings is 1. The van der Waals surface area contributed by atoms with E-state index in [1.807, 2.05) is 12.1 Å². The fourth-order valence-electron chi connectivity index (χ4n) is 3.74. The summed E-state index contributed by atoms with van der Waals surface area (Å²) in [6, 6.07) is 6.25. The average Bonchev–Trinajstić information content (AvgIpc) is 2.61. The number of amides is 1. The Morgan fingerprint density at radius 1 is 1.17 bits per heavy atom. The Bertz CT molecular complexity index is 612. The molecule has 1 aromatic carbocycles. The number of Topliss-reactive ketones (excluding diaryl/α,β-unsaturated/α-hetero) is 1. The third kappa shape index (κ3) is 4.23. The number of nitrogens with one attached hydrogen (secondary N) is 2. The first-order chi connectivity index (χ1) is 11.6. The van der Waals surface area contributed by atoms with E-state index in [0.29, 0.717) is 12.3 Å². The molecule has 0 aromatic heterocycles. The molecule has 1 fully saturated rings. The summed E-state index contributed by atoms with van der Waals surface area (Å²) < 4.78 is 0. The molecule has 2 unspecified atom stereocenters. The van der Waals surface area contributed by atoms with Crippen molar-refractivity contribution in [2.24, 2.45) is 5.92 Å². The summed E-state index contributed by atoms with van der Waals surface area (Å²) in [5, 5.41) is 6.38. The normalized spacial score (nSPS) is 23.4. The van der Waals surface area contributed by atoms with E-state index in [4.69, 9.17) is 0 Å². The second-order valence-corrected chi connectivity index (χ2v) is 7.26. The number of hydrogen-bond donors (Lipinski definition) is 2. The van der Waals surface area contributed by atoms with Crippen LogP contribution < -0.4 is 10.6 Å². The summed E-state index contributed by atoms with van der Waals surface area (Å²) in [5.41, 5.74) is 3.46. The molecule has 3 rings (SSSR count). The summed E-state index contributed by atoms with van der Waals surface area (Å²) in [6.07, 6.45) is 6.30. The molecule has 0 saturated carbocycles. The average molecular weight is 328 g/mol. The van der Waals surface area contributed by atoms with E-state index < -0.39 is 0 Å². The van der Waals surface area contributed by atoms with Crippen molar-refractivity contribution in [1.29, 1.82) is 0 Å². The minimum atomic E-state index is -0.0122. The molecule has 0 bridgehead atoms. The topological polar surface area (TPSA) is 58.2 Å². The quantitative estimate of drug-likeness (QED) is 0.817. The zero-order chi connectivity index (χ0) is 16.9. The van der Waals surface area contributed by atoms with Crippen LogP contribution in [0.3, 0.4) is 0 Å². The van der Waals surface area contributed by atoms with E-state index in [9.17, 15) is 9.59 Å². The van der Waals surface area contributed by atoms with Gasteiger partial charge in [0.15, 0.2) is 5.78 Å². The highest BCUT2D eigenvalue weighted by atomic mass is 16.2. The maximum Gasteiger partial charge on any atom is 0.220 e. The van der Waals surface area contributed by atoms with Crippen LogP contribution in [0.15, 0.2) is 18.2 Å². The summed E-state index contributed by atoms with van der Waals surface area (Å²) in [7, 11) is 0. The minimum absolute atomic E-state index is 0.0122. The highest BCUT2D eigenvalue weighted by Crippen LogP contribution is 2.23. The van der Waals surface area contributed by atoms with Gasteiger partial charge in [0.25, 0.3) is 0 Å². The van der Waals surface area contributed by atoms with Crippen LogP contribution in [0.2, 0.25) is 0 Å². The van der Waals surface area contributed by atoms with Gasteiger partial charge in [-0.05, 0) is 61.8 Å². The van der Waals surface area contributed by atoms with E-state index in [1.54, 1.807) is 0 Å². The van der Waals surface area contributed by atoms with Gasteiger partial charge in [-0.3, -0.25) is 9.59 Å². The van der Waals surface area contributed by atoms with Gasteiger partial charge in [0.1, 0.15) is 0 Å². The van der Waals surface area contributed by atoms with Gasteiger partial charge in [-0.1, -0.05) is 19.1 Å². The van der Waals surface area contributed by atoms with Crippen LogP contribution in [0.1, 0.15) is 60.5 Å². The van der Waals surface area contributed by atoms with Crippen molar-refractivity contribution in [3.8, 4) is 0 Å². The van der Waals surface area contributed by atoms with Crippen LogP contribution in [0.25, 0.3) is 0 Å². The van der Waals surface area contributed by atoms with Gasteiger partial charge in [-0.25, -0.2) is 0 Å².